The van der Waals surface area contributed by atoms with Gasteiger partial charge in [-0.3, -0.25) is 0 Å². The number of ether oxygens (including phenoxy) is 2. The third-order valence-electron chi connectivity index (χ3n) is 13.4. The summed E-state index contributed by atoms with van der Waals surface area (Å²) in [7, 11) is 0. The topological polar surface area (TPSA) is 28.3 Å². The van der Waals surface area contributed by atoms with E-state index in [1.165, 1.54) is 66.2 Å². The second-order valence-electron chi connectivity index (χ2n) is 16.3. The molecule has 0 bridgehead atoms. The molecule has 5 aromatic carbocycles. The van der Waals surface area contributed by atoms with Gasteiger partial charge in [0, 0.05) is 74.2 Å². The fourth-order valence-corrected chi connectivity index (χ4v) is 11.3. The number of allylic oxidation sites excluding steroid dienone is 6. The van der Waals surface area contributed by atoms with Gasteiger partial charge in [-0.1, -0.05) is 110 Å². The van der Waals surface area contributed by atoms with Crippen LogP contribution in [0.4, 0.5) is 0 Å². The Labute approximate surface area is 321 Å². The van der Waals surface area contributed by atoms with Crippen molar-refractivity contribution in [3.8, 4) is 17.2 Å². The van der Waals surface area contributed by atoms with Crippen LogP contribution in [0.3, 0.4) is 0 Å². The molecule has 0 fully saturated rings. The number of aromatic nitrogens is 2. The molecule has 5 atom stereocenters. The number of benzene rings is 5. The van der Waals surface area contributed by atoms with E-state index in [-0.39, 0.29) is 17.9 Å². The maximum absolute atomic E-state index is 7.19. The van der Waals surface area contributed by atoms with Gasteiger partial charge in [-0.2, -0.15) is 0 Å². The van der Waals surface area contributed by atoms with Crippen molar-refractivity contribution in [1.82, 2.24) is 9.13 Å². The van der Waals surface area contributed by atoms with E-state index in [4.69, 9.17) is 9.47 Å². The van der Waals surface area contributed by atoms with Crippen LogP contribution in [0.25, 0.3) is 44.5 Å². The van der Waals surface area contributed by atoms with Crippen molar-refractivity contribution in [3.05, 3.63) is 179 Å². The van der Waals surface area contributed by atoms with E-state index in [1.807, 2.05) is 0 Å². The van der Waals surface area contributed by atoms with Crippen molar-refractivity contribution >= 4 is 38.8 Å². The molecule has 2 aliphatic heterocycles. The predicted molar refractivity (Wildman–Crippen MR) is 223 cm³/mol. The molecule has 0 saturated carbocycles. The molecular weight excluding hydrogens is 673 g/mol. The van der Waals surface area contributed by atoms with Gasteiger partial charge in [0.1, 0.15) is 23.4 Å². The van der Waals surface area contributed by atoms with Crippen LogP contribution >= 0.6 is 0 Å². The van der Waals surface area contributed by atoms with E-state index < -0.39 is 5.41 Å². The summed E-state index contributed by atoms with van der Waals surface area (Å²) in [5, 5.41) is 3.89. The highest BCUT2D eigenvalue weighted by molar-refractivity contribution is 6.09. The van der Waals surface area contributed by atoms with Gasteiger partial charge in [-0.15, -0.1) is 0 Å². The van der Waals surface area contributed by atoms with Crippen molar-refractivity contribution in [2.24, 2.45) is 11.8 Å². The summed E-state index contributed by atoms with van der Waals surface area (Å²) in [5.74, 6) is 3.30. The van der Waals surface area contributed by atoms with Crippen LogP contribution in [0.5, 0.6) is 11.5 Å². The number of hydrogen-bond acceptors (Lipinski definition) is 2. The van der Waals surface area contributed by atoms with Gasteiger partial charge in [-0.05, 0) is 79.6 Å². The Bertz CT molecular complexity index is 2900. The number of aryl methyl sites for hydroxylation is 1. The number of fused-ring (bicyclic) bond motifs is 14. The molecule has 55 heavy (non-hydrogen) atoms. The first-order valence-corrected chi connectivity index (χ1v) is 20.1. The Morgan fingerprint density at radius 3 is 2.49 bits per heavy atom. The Kier molecular flexibility index (Phi) is 6.56. The van der Waals surface area contributed by atoms with E-state index >= 15 is 0 Å². The second-order valence-corrected chi connectivity index (χ2v) is 16.3. The molecule has 7 aromatic rings. The zero-order chi connectivity index (χ0) is 36.4. The molecule has 1 spiro atoms. The van der Waals surface area contributed by atoms with Crippen LogP contribution in [0, 0.1) is 18.8 Å². The van der Waals surface area contributed by atoms with E-state index in [1.54, 1.807) is 0 Å². The predicted octanol–water partition coefficient (Wildman–Crippen LogP) is 12.1. The lowest BCUT2D eigenvalue weighted by Gasteiger charge is -2.55. The molecule has 5 aliphatic rings. The summed E-state index contributed by atoms with van der Waals surface area (Å²) in [6, 6.07) is 40.7. The van der Waals surface area contributed by atoms with E-state index in [0.717, 1.165) is 48.6 Å². The van der Waals surface area contributed by atoms with Gasteiger partial charge in [0.15, 0.2) is 0 Å². The fraction of sp³-hybridized carbons (Fsp3) is 0.216. The number of nitrogens with zero attached hydrogens (tertiary/aromatic N) is 2. The zero-order valence-corrected chi connectivity index (χ0v) is 31.2. The zero-order valence-electron chi connectivity index (χ0n) is 31.2. The second kappa shape index (κ2) is 11.5. The van der Waals surface area contributed by atoms with Gasteiger partial charge in [-0.25, -0.2) is 0 Å². The van der Waals surface area contributed by atoms with Crippen LogP contribution < -0.4 is 9.47 Å². The van der Waals surface area contributed by atoms with Crippen molar-refractivity contribution in [3.63, 3.8) is 0 Å². The van der Waals surface area contributed by atoms with Gasteiger partial charge >= 0.3 is 0 Å². The Morgan fingerprint density at radius 2 is 1.56 bits per heavy atom. The van der Waals surface area contributed by atoms with Crippen molar-refractivity contribution in [1.29, 1.82) is 0 Å². The fourth-order valence-electron chi connectivity index (χ4n) is 11.3. The average molecular weight is 715 g/mol. The maximum Gasteiger partial charge on any atom is 0.133 e. The molecule has 2 aromatic heterocycles. The minimum absolute atomic E-state index is 0.0742. The Morgan fingerprint density at radius 1 is 0.764 bits per heavy atom. The molecular formula is C51H42N2O2. The molecule has 0 saturated heterocycles. The van der Waals surface area contributed by atoms with Crippen molar-refractivity contribution in [2.75, 3.05) is 0 Å². The van der Waals surface area contributed by atoms with Crippen LogP contribution in [0.2, 0.25) is 0 Å². The summed E-state index contributed by atoms with van der Waals surface area (Å²) in [4.78, 5) is 0. The molecule has 0 radical (unpaired) electrons. The van der Waals surface area contributed by atoms with Gasteiger partial charge < -0.3 is 18.6 Å². The first-order valence-electron chi connectivity index (χ1n) is 20.1. The SMILES string of the molecule is Cc1ccc2c3ccccc3n(-c3ccc4c(c3)OC3=CC=CC(C)C3C43C4=CCC(n5c6c(c7ccccc75)C=CCC6)C[C@H]4Oc4ccccc43)c2c1. The smallest absolute Gasteiger partial charge is 0.133 e. The third kappa shape index (κ3) is 4.23. The molecule has 4 unspecified atom stereocenters. The number of rotatable bonds is 2. The average Bonchev–Trinajstić information content (AvgIpc) is 3.73. The van der Waals surface area contributed by atoms with E-state index in [2.05, 4.69) is 169 Å². The molecule has 12 rings (SSSR count). The first-order chi connectivity index (χ1) is 27.1. The monoisotopic (exact) mass is 714 g/mol. The van der Waals surface area contributed by atoms with Crippen LogP contribution in [-0.2, 0) is 11.8 Å². The van der Waals surface area contributed by atoms with Gasteiger partial charge in [0.25, 0.3) is 0 Å². The van der Waals surface area contributed by atoms with Crippen LogP contribution in [0.1, 0.15) is 60.2 Å². The molecule has 4 heteroatoms. The summed E-state index contributed by atoms with van der Waals surface area (Å²) in [6.07, 6.45) is 18.0. The highest BCUT2D eigenvalue weighted by atomic mass is 16.5. The minimum atomic E-state index is -0.453. The van der Waals surface area contributed by atoms with Crippen LogP contribution in [-0.4, -0.2) is 15.2 Å². The largest absolute Gasteiger partial charge is 0.486 e. The summed E-state index contributed by atoms with van der Waals surface area (Å²) in [6.45, 7) is 4.54. The quantitative estimate of drug-likeness (QED) is 0.167. The molecule has 4 heterocycles. The number of hydrogen-bond donors (Lipinski definition) is 0. The molecule has 0 N–H and O–H groups in total. The highest BCUT2D eigenvalue weighted by Gasteiger charge is 2.59. The Balaban J connectivity index is 1.08. The van der Waals surface area contributed by atoms with Crippen molar-refractivity contribution < 1.29 is 9.47 Å². The lowest BCUT2D eigenvalue weighted by atomic mass is 9.53. The van der Waals surface area contributed by atoms with Crippen molar-refractivity contribution in [2.45, 2.75) is 57.1 Å². The standard InChI is InChI=1S/C51H42N2O2/c1-31-22-25-38-37-15-5-9-19-44(37)53(45(38)28-31)34-24-27-41-49(30-34)55-47-21-11-12-32(2)50(47)51(41)39-16-6-10-20-46(39)54-48-29-33(23-26-40(48)51)52-42-17-7-3-13-35(42)36-14-4-8-18-43(36)52/h3-7,9-17,19-22,24-28,30,32-33,48,50H,8,18,23,29H2,1-2H3/t32?,33?,48-,50?,51?/m1/s1. The van der Waals surface area contributed by atoms with Gasteiger partial charge in [0.2, 0.25) is 0 Å². The third-order valence-corrected chi connectivity index (χ3v) is 13.4. The molecule has 268 valence electrons. The molecule has 0 amide bonds. The molecule has 4 nitrogen and oxygen atoms in total. The molecule has 3 aliphatic carbocycles. The Hall–Kier alpha value is -6.00. The van der Waals surface area contributed by atoms with E-state index in [9.17, 15) is 0 Å². The maximum atomic E-state index is 7.19. The highest BCUT2D eigenvalue weighted by Crippen LogP contribution is 2.63. The number of para-hydroxylation sites is 3. The van der Waals surface area contributed by atoms with Gasteiger partial charge in [0.05, 0.1) is 16.4 Å². The minimum Gasteiger partial charge on any atom is -0.486 e. The van der Waals surface area contributed by atoms with Crippen LogP contribution in [0.15, 0.2) is 151 Å². The van der Waals surface area contributed by atoms with E-state index in [0.29, 0.717) is 6.04 Å². The summed E-state index contributed by atoms with van der Waals surface area (Å²) in [5.41, 5.74) is 12.4. The first kappa shape index (κ1) is 31.4. The lowest BCUT2D eigenvalue weighted by molar-refractivity contribution is 0.118. The normalized spacial score (nSPS) is 24.7. The summed E-state index contributed by atoms with van der Waals surface area (Å²) < 4.78 is 19.4. The lowest BCUT2D eigenvalue weighted by Crippen LogP contribution is -2.53. The summed E-state index contributed by atoms with van der Waals surface area (Å²) >= 11 is 0.